The topological polar surface area (TPSA) is 52.6 Å². The highest BCUT2D eigenvalue weighted by Gasteiger charge is 2.09. The van der Waals surface area contributed by atoms with E-state index in [-0.39, 0.29) is 11.9 Å². The summed E-state index contributed by atoms with van der Waals surface area (Å²) in [4.78, 5) is 24.1. The zero-order chi connectivity index (χ0) is 22.8. The molecule has 0 spiro atoms. The molecule has 0 radical (unpaired) electrons. The van der Waals surface area contributed by atoms with Crippen LogP contribution in [0.3, 0.4) is 0 Å². The van der Waals surface area contributed by atoms with Crippen molar-refractivity contribution in [1.82, 2.24) is 0 Å². The lowest BCUT2D eigenvalue weighted by Gasteiger charge is -2.08. The summed E-state index contributed by atoms with van der Waals surface area (Å²) in [5.74, 6) is -0.559. The molecule has 0 aliphatic heterocycles. The Balaban J connectivity index is 1.63. The van der Waals surface area contributed by atoms with Crippen LogP contribution < -0.4 is 0 Å². The molecule has 0 bridgehead atoms. The quantitative estimate of drug-likeness (QED) is 0.258. The van der Waals surface area contributed by atoms with E-state index in [0.717, 1.165) is 47.9 Å². The van der Waals surface area contributed by atoms with E-state index < -0.39 is 0 Å². The van der Waals surface area contributed by atoms with Crippen molar-refractivity contribution in [2.45, 2.75) is 39.5 Å². The minimum atomic E-state index is -0.280. The molecule has 0 saturated heterocycles. The first-order chi connectivity index (χ1) is 15.6. The first-order valence-corrected chi connectivity index (χ1v) is 11.3. The highest BCUT2D eigenvalue weighted by molar-refractivity contribution is 5.90. The van der Waals surface area contributed by atoms with E-state index in [4.69, 9.17) is 9.47 Å². The third-order valence-corrected chi connectivity index (χ3v) is 5.25. The number of rotatable bonds is 10. The van der Waals surface area contributed by atoms with Gasteiger partial charge in [-0.3, -0.25) is 0 Å². The van der Waals surface area contributed by atoms with Crippen LogP contribution in [0.5, 0.6) is 0 Å². The molecule has 0 N–H and O–H groups in total. The maximum absolute atomic E-state index is 12.0. The molecule has 4 nitrogen and oxygen atoms in total. The van der Waals surface area contributed by atoms with E-state index >= 15 is 0 Å². The van der Waals surface area contributed by atoms with Gasteiger partial charge in [-0.25, -0.2) is 9.59 Å². The summed E-state index contributed by atoms with van der Waals surface area (Å²) in [5, 5.41) is 0. The van der Waals surface area contributed by atoms with Crippen LogP contribution in [0.2, 0.25) is 0 Å². The molecule has 32 heavy (non-hydrogen) atoms. The van der Waals surface area contributed by atoms with Gasteiger partial charge >= 0.3 is 11.9 Å². The number of hydrogen-bond donors (Lipinski definition) is 0. The number of unbranched alkanes of at least 4 members (excludes halogenated alkanes) is 2. The minimum absolute atomic E-state index is 0.280. The van der Waals surface area contributed by atoms with Crippen molar-refractivity contribution in [2.24, 2.45) is 0 Å². The summed E-state index contributed by atoms with van der Waals surface area (Å²) < 4.78 is 10.5. The van der Waals surface area contributed by atoms with E-state index in [1.807, 2.05) is 24.3 Å². The average Bonchev–Trinajstić information content (AvgIpc) is 2.84. The number of hydrogen-bond acceptors (Lipinski definition) is 4. The Morgan fingerprint density at radius 1 is 0.531 bits per heavy atom. The van der Waals surface area contributed by atoms with Crippen molar-refractivity contribution in [2.75, 3.05) is 13.2 Å². The zero-order valence-corrected chi connectivity index (χ0v) is 18.8. The Morgan fingerprint density at radius 3 is 1.09 bits per heavy atom. The van der Waals surface area contributed by atoms with Crippen LogP contribution in [0, 0.1) is 0 Å². The molecule has 0 aliphatic rings. The molecular weight excluding hydrogens is 400 g/mol. The van der Waals surface area contributed by atoms with Gasteiger partial charge in [-0.05, 0) is 59.4 Å². The molecule has 166 valence electrons. The van der Waals surface area contributed by atoms with Crippen molar-refractivity contribution in [1.29, 1.82) is 0 Å². The molecule has 4 heteroatoms. The summed E-state index contributed by atoms with van der Waals surface area (Å²) in [6, 6.07) is 23.2. The third kappa shape index (κ3) is 6.30. The second kappa shape index (κ2) is 11.8. The molecule has 3 aromatic carbocycles. The van der Waals surface area contributed by atoms with Crippen LogP contribution in [0.1, 0.15) is 60.2 Å². The number of carbonyl (C=O) groups is 2. The van der Waals surface area contributed by atoms with E-state index in [9.17, 15) is 9.59 Å². The smallest absolute Gasteiger partial charge is 0.338 e. The van der Waals surface area contributed by atoms with Crippen LogP contribution in [0.4, 0.5) is 0 Å². The summed E-state index contributed by atoms with van der Waals surface area (Å²) in [7, 11) is 0. The van der Waals surface area contributed by atoms with Gasteiger partial charge in [0.1, 0.15) is 0 Å². The van der Waals surface area contributed by atoms with Crippen LogP contribution >= 0.6 is 0 Å². The lowest BCUT2D eigenvalue weighted by Crippen LogP contribution is -2.06. The van der Waals surface area contributed by atoms with E-state index in [0.29, 0.717) is 24.3 Å². The van der Waals surface area contributed by atoms with Crippen LogP contribution in [-0.4, -0.2) is 25.2 Å². The van der Waals surface area contributed by atoms with Gasteiger partial charge in [0.15, 0.2) is 0 Å². The molecule has 0 fully saturated rings. The Labute approximate surface area is 190 Å². The maximum Gasteiger partial charge on any atom is 0.338 e. The van der Waals surface area contributed by atoms with E-state index in [1.165, 1.54) is 0 Å². The normalized spacial score (nSPS) is 10.6. The third-order valence-electron chi connectivity index (χ3n) is 5.25. The van der Waals surface area contributed by atoms with Gasteiger partial charge in [-0.1, -0.05) is 75.2 Å². The Kier molecular flexibility index (Phi) is 8.61. The summed E-state index contributed by atoms with van der Waals surface area (Å²) >= 11 is 0. The van der Waals surface area contributed by atoms with Gasteiger partial charge in [0, 0.05) is 0 Å². The van der Waals surface area contributed by atoms with Crippen molar-refractivity contribution >= 4 is 11.9 Å². The molecule has 3 rings (SSSR count). The molecule has 0 heterocycles. The summed E-state index contributed by atoms with van der Waals surface area (Å²) in [6.07, 6.45) is 3.75. The van der Waals surface area contributed by atoms with Gasteiger partial charge in [0.05, 0.1) is 24.3 Å². The molecule has 0 saturated carbocycles. The van der Waals surface area contributed by atoms with Crippen LogP contribution in [-0.2, 0) is 9.47 Å². The molecule has 3 aromatic rings. The predicted octanol–water partition coefficient (Wildman–Crippen LogP) is 6.93. The molecule has 0 unspecified atom stereocenters. The number of carbonyl (C=O) groups excluding carboxylic acids is 2. The second-order valence-electron chi connectivity index (χ2n) is 7.71. The fourth-order valence-electron chi connectivity index (χ4n) is 3.24. The van der Waals surface area contributed by atoms with Crippen molar-refractivity contribution in [3.05, 3.63) is 83.9 Å². The van der Waals surface area contributed by atoms with Gasteiger partial charge in [0.2, 0.25) is 0 Å². The second-order valence-corrected chi connectivity index (χ2v) is 7.71. The first-order valence-electron chi connectivity index (χ1n) is 11.3. The SMILES string of the molecule is CCCCOC(=O)c1ccc(-c2ccc(-c3ccc(C(=O)OCCCC)cc3)cc2)cc1. The lowest BCUT2D eigenvalue weighted by atomic mass is 9.99. The standard InChI is InChI=1S/C28H30O4/c1-3-5-19-31-27(29)25-15-11-23(12-16-25)21-7-9-22(10-8-21)24-13-17-26(18-14-24)28(30)32-20-6-4-2/h7-18H,3-6,19-20H2,1-2H3. The number of esters is 2. The Hall–Kier alpha value is -3.40. The monoisotopic (exact) mass is 430 g/mol. The molecular formula is C28H30O4. The maximum atomic E-state index is 12.0. The van der Waals surface area contributed by atoms with Gasteiger partial charge in [0.25, 0.3) is 0 Å². The largest absolute Gasteiger partial charge is 0.462 e. The average molecular weight is 431 g/mol. The molecule has 0 atom stereocenters. The van der Waals surface area contributed by atoms with E-state index in [1.54, 1.807) is 24.3 Å². The van der Waals surface area contributed by atoms with Crippen LogP contribution in [0.15, 0.2) is 72.8 Å². The highest BCUT2D eigenvalue weighted by atomic mass is 16.5. The van der Waals surface area contributed by atoms with Gasteiger partial charge < -0.3 is 9.47 Å². The van der Waals surface area contributed by atoms with Crippen LogP contribution in [0.25, 0.3) is 22.3 Å². The lowest BCUT2D eigenvalue weighted by molar-refractivity contribution is 0.0490. The predicted molar refractivity (Wildman–Crippen MR) is 128 cm³/mol. The van der Waals surface area contributed by atoms with Gasteiger partial charge in [-0.2, -0.15) is 0 Å². The molecule has 0 aromatic heterocycles. The number of ether oxygens (including phenoxy) is 2. The zero-order valence-electron chi connectivity index (χ0n) is 18.8. The minimum Gasteiger partial charge on any atom is -0.462 e. The van der Waals surface area contributed by atoms with Crippen molar-refractivity contribution in [3.8, 4) is 22.3 Å². The van der Waals surface area contributed by atoms with Crippen molar-refractivity contribution in [3.63, 3.8) is 0 Å². The summed E-state index contributed by atoms with van der Waals surface area (Å²) in [5.41, 5.74) is 5.33. The number of benzene rings is 3. The molecule has 0 amide bonds. The van der Waals surface area contributed by atoms with E-state index in [2.05, 4.69) is 38.1 Å². The fourth-order valence-corrected chi connectivity index (χ4v) is 3.24. The van der Waals surface area contributed by atoms with Crippen molar-refractivity contribution < 1.29 is 19.1 Å². The molecule has 0 aliphatic carbocycles. The highest BCUT2D eigenvalue weighted by Crippen LogP contribution is 2.26. The Morgan fingerprint density at radius 2 is 0.812 bits per heavy atom. The summed E-state index contributed by atoms with van der Waals surface area (Å²) in [6.45, 7) is 5.04. The first kappa shape index (κ1) is 23.3. The van der Waals surface area contributed by atoms with Gasteiger partial charge in [-0.15, -0.1) is 0 Å². The Bertz CT molecular complexity index is 918. The fraction of sp³-hybridized carbons (Fsp3) is 0.286.